The first kappa shape index (κ1) is 17.2. The lowest BCUT2D eigenvalue weighted by molar-refractivity contribution is -0.117. The predicted octanol–water partition coefficient (Wildman–Crippen LogP) is 2.55. The number of aromatic nitrogens is 2. The number of aryl methyl sites for hydroxylation is 2. The van der Waals surface area contributed by atoms with E-state index in [4.69, 9.17) is 4.74 Å². The standard InChI is InChI=1S/C19H23N3O3/c1-2-25-16-10-8-15(9-11-16)20-18(23)13-22-19(24)12-14-6-4-3-5-7-17(14)21-22/h8-12H,2-7,13H2,1H3,(H,20,23). The number of benzene rings is 1. The first-order valence-corrected chi connectivity index (χ1v) is 8.78. The second-order valence-electron chi connectivity index (χ2n) is 6.18. The summed E-state index contributed by atoms with van der Waals surface area (Å²) in [5, 5.41) is 7.20. The Morgan fingerprint density at radius 3 is 2.72 bits per heavy atom. The number of fused-ring (bicyclic) bond motifs is 1. The Hall–Kier alpha value is -2.63. The molecular formula is C19H23N3O3. The van der Waals surface area contributed by atoms with Gasteiger partial charge in [-0.25, -0.2) is 4.68 Å². The molecule has 1 aliphatic rings. The van der Waals surface area contributed by atoms with Crippen LogP contribution in [-0.2, 0) is 24.2 Å². The lowest BCUT2D eigenvalue weighted by Gasteiger charge is -2.10. The van der Waals surface area contributed by atoms with E-state index in [9.17, 15) is 9.59 Å². The molecule has 0 unspecified atom stereocenters. The monoisotopic (exact) mass is 341 g/mol. The highest BCUT2D eigenvalue weighted by Gasteiger charge is 2.14. The summed E-state index contributed by atoms with van der Waals surface area (Å²) in [5.41, 5.74) is 2.43. The van der Waals surface area contributed by atoms with Crippen LogP contribution in [-0.4, -0.2) is 22.3 Å². The SMILES string of the molecule is CCOc1ccc(NC(=O)Cn2nc3c(cc2=O)CCCCC3)cc1. The summed E-state index contributed by atoms with van der Waals surface area (Å²) in [6.07, 6.45) is 5.10. The fourth-order valence-electron chi connectivity index (χ4n) is 3.03. The first-order valence-electron chi connectivity index (χ1n) is 8.78. The molecule has 6 heteroatoms. The Bertz CT molecular complexity index is 797. The van der Waals surface area contributed by atoms with Gasteiger partial charge in [0.25, 0.3) is 5.56 Å². The van der Waals surface area contributed by atoms with Crippen molar-refractivity contribution in [2.24, 2.45) is 0 Å². The third-order valence-corrected chi connectivity index (χ3v) is 4.27. The van der Waals surface area contributed by atoms with E-state index in [1.807, 2.05) is 6.92 Å². The molecule has 1 aliphatic carbocycles. The summed E-state index contributed by atoms with van der Waals surface area (Å²) in [5.74, 6) is 0.483. The topological polar surface area (TPSA) is 73.2 Å². The van der Waals surface area contributed by atoms with Gasteiger partial charge >= 0.3 is 0 Å². The molecule has 1 aromatic carbocycles. The molecule has 0 bridgehead atoms. The highest BCUT2D eigenvalue weighted by atomic mass is 16.5. The van der Waals surface area contributed by atoms with Gasteiger partial charge in [-0.15, -0.1) is 0 Å². The maximum atomic E-state index is 12.2. The maximum absolute atomic E-state index is 12.2. The van der Waals surface area contributed by atoms with Gasteiger partial charge in [0.05, 0.1) is 12.3 Å². The number of hydrogen-bond donors (Lipinski definition) is 1. The van der Waals surface area contributed by atoms with Crippen LogP contribution in [0.25, 0.3) is 0 Å². The van der Waals surface area contributed by atoms with Crippen molar-refractivity contribution in [2.75, 3.05) is 11.9 Å². The largest absolute Gasteiger partial charge is 0.494 e. The molecule has 132 valence electrons. The summed E-state index contributed by atoms with van der Waals surface area (Å²) < 4.78 is 6.63. The average Bonchev–Trinajstić information content (AvgIpc) is 2.82. The Morgan fingerprint density at radius 1 is 1.20 bits per heavy atom. The van der Waals surface area contributed by atoms with Crippen molar-refractivity contribution in [2.45, 2.75) is 45.6 Å². The smallest absolute Gasteiger partial charge is 0.267 e. The summed E-state index contributed by atoms with van der Waals surface area (Å²) in [4.78, 5) is 24.5. The van der Waals surface area contributed by atoms with Crippen LogP contribution in [0, 0.1) is 0 Å². The lowest BCUT2D eigenvalue weighted by Crippen LogP contribution is -2.30. The summed E-state index contributed by atoms with van der Waals surface area (Å²) in [7, 11) is 0. The van der Waals surface area contributed by atoms with Crippen LogP contribution in [0.3, 0.4) is 0 Å². The van der Waals surface area contributed by atoms with E-state index in [-0.39, 0.29) is 18.0 Å². The van der Waals surface area contributed by atoms with Crippen LogP contribution in [0.5, 0.6) is 5.75 Å². The maximum Gasteiger partial charge on any atom is 0.267 e. The van der Waals surface area contributed by atoms with Gasteiger partial charge in [0.2, 0.25) is 5.91 Å². The predicted molar refractivity (Wildman–Crippen MR) is 96.0 cm³/mol. The Balaban J connectivity index is 1.68. The van der Waals surface area contributed by atoms with Gasteiger partial charge in [-0.3, -0.25) is 9.59 Å². The molecular weight excluding hydrogens is 318 g/mol. The van der Waals surface area contributed by atoms with Crippen molar-refractivity contribution in [3.8, 4) is 5.75 Å². The van der Waals surface area contributed by atoms with Crippen molar-refractivity contribution in [1.82, 2.24) is 9.78 Å². The zero-order chi connectivity index (χ0) is 17.6. The normalized spacial score (nSPS) is 13.6. The highest BCUT2D eigenvalue weighted by Crippen LogP contribution is 2.17. The number of carbonyl (C=O) groups is 1. The second-order valence-corrected chi connectivity index (χ2v) is 6.18. The minimum atomic E-state index is -0.271. The number of rotatable bonds is 5. The van der Waals surface area contributed by atoms with Crippen LogP contribution in [0.15, 0.2) is 35.1 Å². The molecule has 0 radical (unpaired) electrons. The molecule has 2 aromatic rings. The van der Waals surface area contributed by atoms with Gasteiger partial charge in [-0.1, -0.05) is 6.42 Å². The summed E-state index contributed by atoms with van der Waals surface area (Å²) in [6.45, 7) is 2.43. The minimum Gasteiger partial charge on any atom is -0.494 e. The molecule has 1 amide bonds. The van der Waals surface area contributed by atoms with Crippen molar-refractivity contribution < 1.29 is 9.53 Å². The molecule has 0 saturated heterocycles. The molecule has 25 heavy (non-hydrogen) atoms. The molecule has 0 atom stereocenters. The highest BCUT2D eigenvalue weighted by molar-refractivity contribution is 5.90. The van der Waals surface area contributed by atoms with Gasteiger partial charge in [-0.2, -0.15) is 5.10 Å². The molecule has 1 aromatic heterocycles. The van der Waals surface area contributed by atoms with E-state index in [1.165, 1.54) is 4.68 Å². The Kier molecular flexibility index (Phi) is 5.48. The first-order chi connectivity index (χ1) is 12.2. The zero-order valence-electron chi connectivity index (χ0n) is 14.5. The van der Waals surface area contributed by atoms with Gasteiger partial charge in [0, 0.05) is 11.8 Å². The van der Waals surface area contributed by atoms with E-state index < -0.39 is 0 Å². The average molecular weight is 341 g/mol. The fourth-order valence-corrected chi connectivity index (χ4v) is 3.03. The number of anilines is 1. The van der Waals surface area contributed by atoms with Gasteiger partial charge in [0.15, 0.2) is 0 Å². The van der Waals surface area contributed by atoms with E-state index in [0.29, 0.717) is 12.3 Å². The van der Waals surface area contributed by atoms with Crippen molar-refractivity contribution in [3.63, 3.8) is 0 Å². The number of amides is 1. The lowest BCUT2D eigenvalue weighted by atomic mass is 10.1. The molecule has 1 N–H and O–H groups in total. The van der Waals surface area contributed by atoms with Gasteiger partial charge < -0.3 is 10.1 Å². The van der Waals surface area contributed by atoms with E-state index in [0.717, 1.165) is 49.1 Å². The third kappa shape index (κ3) is 4.47. The molecule has 1 heterocycles. The molecule has 0 aliphatic heterocycles. The summed E-state index contributed by atoms with van der Waals surface area (Å²) >= 11 is 0. The number of ether oxygens (including phenoxy) is 1. The van der Waals surface area contributed by atoms with Gasteiger partial charge in [-0.05, 0) is 62.4 Å². The third-order valence-electron chi connectivity index (χ3n) is 4.27. The molecule has 0 fully saturated rings. The quantitative estimate of drug-likeness (QED) is 0.848. The minimum absolute atomic E-state index is 0.0840. The van der Waals surface area contributed by atoms with E-state index in [1.54, 1.807) is 30.3 Å². The zero-order valence-corrected chi connectivity index (χ0v) is 14.5. The molecule has 0 saturated carbocycles. The van der Waals surface area contributed by atoms with Crippen molar-refractivity contribution in [1.29, 1.82) is 0 Å². The van der Waals surface area contributed by atoms with Crippen molar-refractivity contribution in [3.05, 3.63) is 51.9 Å². The van der Waals surface area contributed by atoms with E-state index in [2.05, 4.69) is 10.4 Å². The summed E-state index contributed by atoms with van der Waals surface area (Å²) in [6, 6.07) is 8.78. The Labute approximate surface area is 146 Å². The van der Waals surface area contributed by atoms with E-state index >= 15 is 0 Å². The van der Waals surface area contributed by atoms with Crippen LogP contribution >= 0.6 is 0 Å². The number of carbonyl (C=O) groups excluding carboxylic acids is 1. The molecule has 6 nitrogen and oxygen atoms in total. The van der Waals surface area contributed by atoms with Crippen LogP contribution < -0.4 is 15.6 Å². The number of hydrogen-bond acceptors (Lipinski definition) is 4. The van der Waals surface area contributed by atoms with Crippen molar-refractivity contribution >= 4 is 11.6 Å². The fraction of sp³-hybridized carbons (Fsp3) is 0.421. The molecule has 0 spiro atoms. The molecule has 3 rings (SSSR count). The number of nitrogens with zero attached hydrogens (tertiary/aromatic N) is 2. The number of nitrogens with one attached hydrogen (secondary N) is 1. The van der Waals surface area contributed by atoms with Gasteiger partial charge in [0.1, 0.15) is 12.3 Å². The van der Waals surface area contributed by atoms with Crippen LogP contribution in [0.2, 0.25) is 0 Å². The van der Waals surface area contributed by atoms with Crippen LogP contribution in [0.4, 0.5) is 5.69 Å². The van der Waals surface area contributed by atoms with Crippen LogP contribution in [0.1, 0.15) is 37.4 Å². The Morgan fingerprint density at radius 2 is 1.96 bits per heavy atom. The second kappa shape index (κ2) is 7.96.